The number of hydrogen-bond acceptors (Lipinski definition) is 7. The van der Waals surface area contributed by atoms with Crippen molar-refractivity contribution in [2.24, 2.45) is 27.3 Å². The van der Waals surface area contributed by atoms with E-state index >= 15 is 0 Å². The van der Waals surface area contributed by atoms with E-state index in [1.807, 2.05) is 12.1 Å². The van der Waals surface area contributed by atoms with E-state index in [9.17, 15) is 4.39 Å². The van der Waals surface area contributed by atoms with E-state index in [-0.39, 0.29) is 17.8 Å². The summed E-state index contributed by atoms with van der Waals surface area (Å²) in [6, 6.07) is 13.4. The summed E-state index contributed by atoms with van der Waals surface area (Å²) in [4.78, 5) is 2.38. The summed E-state index contributed by atoms with van der Waals surface area (Å²) in [6.45, 7) is 6.68. The van der Waals surface area contributed by atoms with Gasteiger partial charge in [0.25, 0.3) is 0 Å². The molecule has 4 atom stereocenters. The number of benzene rings is 2. The Morgan fingerprint density at radius 1 is 1.15 bits per heavy atom. The number of anilines is 1. The molecule has 0 saturated heterocycles. The topological polar surface area (TPSA) is 68.0 Å². The number of nitrogens with zero attached hydrogens (tertiary/aromatic N) is 4. The van der Waals surface area contributed by atoms with Gasteiger partial charge >= 0.3 is 0 Å². The van der Waals surface area contributed by atoms with Crippen LogP contribution < -0.4 is 9.64 Å². The van der Waals surface area contributed by atoms with Crippen molar-refractivity contribution in [1.82, 2.24) is 0 Å². The Morgan fingerprint density at radius 3 is 2.79 bits per heavy atom. The van der Waals surface area contributed by atoms with Crippen molar-refractivity contribution in [2.45, 2.75) is 64.1 Å². The standard InChI is InChI=1S/C31H41FN4O3/c1-3-24(28-20-33-35-34-28)17-22-5-11-30(27(18-22)25-7-9-26(32)10-8-25)39-21-23-6-12-31-29(19-23)36(14-16-38-31)13-4-15-37-2/h6-10,12,19,22,24,27,30H,3-5,11,13-18,20-21H2,1-2H3/t22-,24+,27+,30-/m0/s1. The maximum atomic E-state index is 13.8. The van der Waals surface area contributed by atoms with Gasteiger partial charge in [-0.2, -0.15) is 5.11 Å². The molecule has 0 radical (unpaired) electrons. The Morgan fingerprint density at radius 2 is 2.03 bits per heavy atom. The number of rotatable bonds is 12. The highest BCUT2D eigenvalue weighted by Crippen LogP contribution is 2.42. The molecular weight excluding hydrogens is 495 g/mol. The van der Waals surface area contributed by atoms with E-state index in [2.05, 4.69) is 45.5 Å². The van der Waals surface area contributed by atoms with Gasteiger partial charge in [0.15, 0.2) is 0 Å². The Bertz CT molecular complexity index is 1140. The molecule has 2 aromatic rings. The molecule has 0 unspecified atom stereocenters. The number of fused-ring (bicyclic) bond motifs is 1. The minimum absolute atomic E-state index is 0.0886. The monoisotopic (exact) mass is 536 g/mol. The van der Waals surface area contributed by atoms with Crippen molar-refractivity contribution >= 4 is 11.4 Å². The predicted molar refractivity (Wildman–Crippen MR) is 151 cm³/mol. The maximum Gasteiger partial charge on any atom is 0.142 e. The first kappa shape index (κ1) is 27.7. The zero-order chi connectivity index (χ0) is 27.0. The van der Waals surface area contributed by atoms with Crippen LogP contribution in [0.4, 0.5) is 10.1 Å². The van der Waals surface area contributed by atoms with E-state index in [0.717, 1.165) is 86.5 Å². The summed E-state index contributed by atoms with van der Waals surface area (Å²) in [5.41, 5.74) is 4.55. The number of ether oxygens (including phenoxy) is 3. The van der Waals surface area contributed by atoms with Gasteiger partial charge in [-0.25, -0.2) is 4.39 Å². The van der Waals surface area contributed by atoms with Crippen molar-refractivity contribution in [3.8, 4) is 5.75 Å². The molecule has 8 heteroatoms. The van der Waals surface area contributed by atoms with Crippen LogP contribution in [0.5, 0.6) is 5.75 Å². The lowest BCUT2D eigenvalue weighted by Crippen LogP contribution is -2.34. The first-order valence-corrected chi connectivity index (χ1v) is 14.4. The number of halogens is 1. The van der Waals surface area contributed by atoms with Crippen LogP contribution in [-0.4, -0.2) is 51.8 Å². The first-order valence-electron chi connectivity index (χ1n) is 14.4. The van der Waals surface area contributed by atoms with Crippen molar-refractivity contribution in [2.75, 3.05) is 44.9 Å². The first-order chi connectivity index (χ1) is 19.1. The molecule has 3 aliphatic rings. The van der Waals surface area contributed by atoms with Crippen LogP contribution in [0.25, 0.3) is 0 Å². The second kappa shape index (κ2) is 13.5. The van der Waals surface area contributed by atoms with E-state index in [1.165, 1.54) is 0 Å². The lowest BCUT2D eigenvalue weighted by Gasteiger charge is -2.38. The van der Waals surface area contributed by atoms with Gasteiger partial charge in [-0.05, 0) is 85.1 Å². The molecule has 7 nitrogen and oxygen atoms in total. The Balaban J connectivity index is 1.26. The fourth-order valence-electron chi connectivity index (χ4n) is 6.32. The van der Waals surface area contributed by atoms with Crippen molar-refractivity contribution < 1.29 is 18.6 Å². The quantitative estimate of drug-likeness (QED) is 0.281. The highest BCUT2D eigenvalue weighted by molar-refractivity contribution is 5.89. The molecule has 0 aromatic heterocycles. The summed E-state index contributed by atoms with van der Waals surface area (Å²) in [5, 5.41) is 12.2. The molecule has 2 heterocycles. The van der Waals surface area contributed by atoms with Crippen LogP contribution in [0, 0.1) is 17.7 Å². The zero-order valence-corrected chi connectivity index (χ0v) is 23.2. The molecule has 0 N–H and O–H groups in total. The summed E-state index contributed by atoms with van der Waals surface area (Å²) < 4.78 is 31.6. The fraction of sp³-hybridized carbons (Fsp3) is 0.581. The second-order valence-corrected chi connectivity index (χ2v) is 11.0. The third-order valence-corrected chi connectivity index (χ3v) is 8.47. The number of methoxy groups -OCH3 is 1. The normalized spacial score (nSPS) is 23.3. The SMILES string of the molecule is CC[C@H](C[C@@H]1CC[C@H](OCc2ccc3c(c2)N(CCCOC)CCO3)[C@@H](c2ccc(F)cc2)C1)C1=NN=NC1. The Kier molecular flexibility index (Phi) is 9.58. The second-order valence-electron chi connectivity index (χ2n) is 11.0. The van der Waals surface area contributed by atoms with Gasteiger partial charge in [0.2, 0.25) is 0 Å². The molecule has 210 valence electrons. The lowest BCUT2D eigenvalue weighted by atomic mass is 9.72. The average Bonchev–Trinajstić information content (AvgIpc) is 3.51. The maximum absolute atomic E-state index is 13.8. The summed E-state index contributed by atoms with van der Waals surface area (Å²) in [6.07, 6.45) is 6.34. The largest absolute Gasteiger partial charge is 0.490 e. The predicted octanol–water partition coefficient (Wildman–Crippen LogP) is 6.77. The van der Waals surface area contributed by atoms with Crippen LogP contribution in [0.2, 0.25) is 0 Å². The molecule has 1 saturated carbocycles. The Labute approximate surface area is 231 Å². The molecule has 0 amide bonds. The van der Waals surface area contributed by atoms with Crippen LogP contribution in [0.1, 0.15) is 62.5 Å². The van der Waals surface area contributed by atoms with Gasteiger partial charge in [-0.3, -0.25) is 0 Å². The van der Waals surface area contributed by atoms with Gasteiger partial charge in [-0.15, -0.1) is 5.10 Å². The lowest BCUT2D eigenvalue weighted by molar-refractivity contribution is -0.0102. The Hall–Kier alpha value is -2.84. The summed E-state index contributed by atoms with van der Waals surface area (Å²) in [5.74, 6) is 1.95. The molecule has 39 heavy (non-hydrogen) atoms. The van der Waals surface area contributed by atoms with E-state index in [4.69, 9.17) is 14.2 Å². The highest BCUT2D eigenvalue weighted by atomic mass is 19.1. The molecule has 0 bridgehead atoms. The highest BCUT2D eigenvalue weighted by Gasteiger charge is 2.34. The molecule has 5 rings (SSSR count). The van der Waals surface area contributed by atoms with Crippen molar-refractivity contribution in [3.63, 3.8) is 0 Å². The van der Waals surface area contributed by atoms with E-state index in [1.54, 1.807) is 19.2 Å². The van der Waals surface area contributed by atoms with Crippen LogP contribution >= 0.6 is 0 Å². The van der Waals surface area contributed by atoms with Gasteiger partial charge in [0.1, 0.15) is 24.7 Å². The summed E-state index contributed by atoms with van der Waals surface area (Å²) in [7, 11) is 1.74. The van der Waals surface area contributed by atoms with E-state index < -0.39 is 0 Å². The molecule has 1 fully saturated rings. The van der Waals surface area contributed by atoms with Gasteiger partial charge in [0, 0.05) is 32.1 Å². The zero-order valence-electron chi connectivity index (χ0n) is 23.2. The minimum atomic E-state index is -0.201. The van der Waals surface area contributed by atoms with Gasteiger partial charge < -0.3 is 19.1 Å². The van der Waals surface area contributed by atoms with Gasteiger partial charge in [-0.1, -0.05) is 25.1 Å². The molecule has 2 aromatic carbocycles. The van der Waals surface area contributed by atoms with Crippen LogP contribution in [0.3, 0.4) is 0 Å². The minimum Gasteiger partial charge on any atom is -0.490 e. The van der Waals surface area contributed by atoms with Crippen LogP contribution in [0.15, 0.2) is 57.9 Å². The van der Waals surface area contributed by atoms with Gasteiger partial charge in [0.05, 0.1) is 30.7 Å². The number of hydrogen-bond donors (Lipinski definition) is 0. The molecule has 0 spiro atoms. The van der Waals surface area contributed by atoms with E-state index in [0.29, 0.717) is 31.6 Å². The molecule has 2 aliphatic heterocycles. The average molecular weight is 537 g/mol. The third kappa shape index (κ3) is 7.03. The van der Waals surface area contributed by atoms with Crippen molar-refractivity contribution in [3.05, 3.63) is 59.4 Å². The summed E-state index contributed by atoms with van der Waals surface area (Å²) >= 11 is 0. The van der Waals surface area contributed by atoms with Crippen LogP contribution in [-0.2, 0) is 16.1 Å². The molecular formula is C31H41FN4O3. The van der Waals surface area contributed by atoms with Crippen molar-refractivity contribution in [1.29, 1.82) is 0 Å². The fourth-order valence-corrected chi connectivity index (χ4v) is 6.32. The molecule has 1 aliphatic carbocycles. The smallest absolute Gasteiger partial charge is 0.142 e. The third-order valence-electron chi connectivity index (χ3n) is 8.47.